The van der Waals surface area contributed by atoms with Gasteiger partial charge in [0.1, 0.15) is 11.6 Å². The van der Waals surface area contributed by atoms with Crippen LogP contribution in [0.5, 0.6) is 11.5 Å². The molecule has 10 nitrogen and oxygen atoms in total. The Labute approximate surface area is 231 Å². The highest BCUT2D eigenvalue weighted by Gasteiger charge is 2.38. The van der Waals surface area contributed by atoms with Crippen LogP contribution in [0.3, 0.4) is 0 Å². The molecule has 0 spiro atoms. The maximum atomic E-state index is 12.7. The van der Waals surface area contributed by atoms with Crippen LogP contribution in [0.15, 0.2) is 18.2 Å². The van der Waals surface area contributed by atoms with Gasteiger partial charge in [-0.1, -0.05) is 53.5 Å². The first kappa shape index (κ1) is 33.9. The van der Waals surface area contributed by atoms with Crippen LogP contribution in [0.25, 0.3) is 0 Å². The topological polar surface area (TPSA) is 140 Å². The minimum absolute atomic E-state index is 0.0353. The Morgan fingerprint density at radius 1 is 0.897 bits per heavy atom. The molecule has 0 aromatic heterocycles. The number of unbranched alkanes of at least 4 members (excludes halogenated alkanes) is 2. The fraction of sp³-hybridized carbons (Fsp3) is 0.655. The predicted molar refractivity (Wildman–Crippen MR) is 145 cm³/mol. The molecular weight excluding hydrogens is 506 g/mol. The van der Waals surface area contributed by atoms with E-state index in [1.165, 1.54) is 19.2 Å². The zero-order chi connectivity index (χ0) is 29.6. The molecule has 0 saturated heterocycles. The van der Waals surface area contributed by atoms with E-state index in [1.54, 1.807) is 26.8 Å². The summed E-state index contributed by atoms with van der Waals surface area (Å²) < 4.78 is 26.4. The second kappa shape index (κ2) is 16.7. The predicted octanol–water partition coefficient (Wildman–Crippen LogP) is 5.12. The van der Waals surface area contributed by atoms with Gasteiger partial charge in [-0.15, -0.1) is 0 Å². The number of ether oxygens (including phenoxy) is 5. The van der Waals surface area contributed by atoms with Crippen molar-refractivity contribution >= 4 is 24.1 Å². The van der Waals surface area contributed by atoms with Crippen molar-refractivity contribution in [1.29, 1.82) is 0 Å². The fourth-order valence-electron chi connectivity index (χ4n) is 3.63. The molecule has 0 fully saturated rings. The van der Waals surface area contributed by atoms with Gasteiger partial charge in [-0.3, -0.25) is 14.4 Å². The molecule has 0 amide bonds. The number of nitrogens with two attached hydrogens (primary N) is 1. The van der Waals surface area contributed by atoms with Gasteiger partial charge in [-0.05, 0) is 43.9 Å². The van der Waals surface area contributed by atoms with Crippen LogP contribution < -0.4 is 15.2 Å². The first-order valence-corrected chi connectivity index (χ1v) is 13.7. The van der Waals surface area contributed by atoms with Gasteiger partial charge in [0.05, 0.1) is 25.6 Å². The number of hydrogen-bond donors (Lipinski definition) is 1. The van der Waals surface area contributed by atoms with Crippen molar-refractivity contribution in [3.63, 3.8) is 0 Å². The lowest BCUT2D eigenvalue weighted by atomic mass is 9.86. The Morgan fingerprint density at radius 3 is 2.03 bits per heavy atom. The minimum Gasteiger partial charge on any atom is -0.468 e. The van der Waals surface area contributed by atoms with Crippen LogP contribution in [0.2, 0.25) is 0 Å². The second-order valence-electron chi connectivity index (χ2n) is 10.0. The van der Waals surface area contributed by atoms with Gasteiger partial charge in [-0.25, -0.2) is 4.79 Å². The molecule has 1 aromatic carbocycles. The van der Waals surface area contributed by atoms with Crippen LogP contribution in [0, 0.1) is 11.8 Å². The lowest BCUT2D eigenvalue weighted by Crippen LogP contribution is -2.53. The molecule has 0 bridgehead atoms. The summed E-state index contributed by atoms with van der Waals surface area (Å²) in [6.07, 6.45) is 2.11. The van der Waals surface area contributed by atoms with E-state index in [0.29, 0.717) is 18.4 Å². The first-order valence-electron chi connectivity index (χ1n) is 13.7. The summed E-state index contributed by atoms with van der Waals surface area (Å²) in [6.45, 7) is 11.1. The third-order valence-corrected chi connectivity index (χ3v) is 6.49. The highest BCUT2D eigenvalue weighted by atomic mass is 16.7. The number of rotatable bonds is 16. The van der Waals surface area contributed by atoms with Crippen LogP contribution in [0.4, 0.5) is 4.79 Å². The van der Waals surface area contributed by atoms with E-state index in [4.69, 9.17) is 29.4 Å². The van der Waals surface area contributed by atoms with Crippen LogP contribution in [-0.2, 0) is 35.0 Å². The molecule has 10 heteroatoms. The van der Waals surface area contributed by atoms with E-state index in [2.05, 4.69) is 0 Å². The minimum atomic E-state index is -1.58. The van der Waals surface area contributed by atoms with Gasteiger partial charge < -0.3 is 29.4 Å². The fourth-order valence-corrected chi connectivity index (χ4v) is 3.63. The Balaban J connectivity index is 3.17. The van der Waals surface area contributed by atoms with Crippen molar-refractivity contribution in [2.75, 3.05) is 13.7 Å². The van der Waals surface area contributed by atoms with Gasteiger partial charge >= 0.3 is 24.1 Å². The first-order chi connectivity index (χ1) is 18.4. The summed E-state index contributed by atoms with van der Waals surface area (Å²) in [5.41, 5.74) is 5.44. The highest BCUT2D eigenvalue weighted by Crippen LogP contribution is 2.32. The third-order valence-electron chi connectivity index (χ3n) is 6.49. The average molecular weight is 552 g/mol. The summed E-state index contributed by atoms with van der Waals surface area (Å²) >= 11 is 0. The Kier molecular flexibility index (Phi) is 14.5. The molecule has 2 N–H and O–H groups in total. The summed E-state index contributed by atoms with van der Waals surface area (Å²) in [6, 6.07) is 4.63. The van der Waals surface area contributed by atoms with Gasteiger partial charge in [0.15, 0.2) is 11.5 Å². The monoisotopic (exact) mass is 551 g/mol. The molecule has 1 aromatic rings. The van der Waals surface area contributed by atoms with Gasteiger partial charge in [-0.2, -0.15) is 0 Å². The van der Waals surface area contributed by atoms with E-state index in [-0.39, 0.29) is 42.8 Å². The molecule has 0 saturated carbocycles. The van der Waals surface area contributed by atoms with Crippen molar-refractivity contribution < 1.29 is 42.9 Å². The van der Waals surface area contributed by atoms with E-state index in [0.717, 1.165) is 19.3 Å². The van der Waals surface area contributed by atoms with E-state index >= 15 is 0 Å². The van der Waals surface area contributed by atoms with Crippen LogP contribution in [0.1, 0.15) is 85.6 Å². The summed E-state index contributed by atoms with van der Waals surface area (Å²) in [5.74, 6) is -2.25. The van der Waals surface area contributed by atoms with Gasteiger partial charge in [0.2, 0.25) is 0 Å². The van der Waals surface area contributed by atoms with Gasteiger partial charge in [0.25, 0.3) is 0 Å². The smallest absolute Gasteiger partial charge is 0.468 e. The lowest BCUT2D eigenvalue weighted by Gasteiger charge is -2.29. The number of methoxy groups -OCH3 is 1. The number of carbonyl (C=O) groups is 4. The van der Waals surface area contributed by atoms with Gasteiger partial charge in [0, 0.05) is 12.8 Å². The number of carbonyl (C=O) groups excluding carboxylic acids is 4. The van der Waals surface area contributed by atoms with Crippen molar-refractivity contribution in [1.82, 2.24) is 0 Å². The van der Waals surface area contributed by atoms with E-state index < -0.39 is 35.7 Å². The lowest BCUT2D eigenvalue weighted by molar-refractivity contribution is -0.148. The summed E-state index contributed by atoms with van der Waals surface area (Å²) in [4.78, 5) is 49.8. The number of esters is 3. The SMILES string of the molecule is CCCCCOC(=O)O[C@@H](C)CC(N)(Cc1ccc(OC(=O)C(C)CC)c(OC(=O)C(C)CC)c1)C(=O)OC. The molecule has 0 aliphatic carbocycles. The molecule has 4 atom stereocenters. The van der Waals surface area contributed by atoms with Crippen LogP contribution in [-0.4, -0.2) is 49.4 Å². The Bertz CT molecular complexity index is 964. The molecule has 39 heavy (non-hydrogen) atoms. The zero-order valence-corrected chi connectivity index (χ0v) is 24.4. The largest absolute Gasteiger partial charge is 0.508 e. The molecular formula is C29H45NO9. The standard InChI is InChI=1S/C29H45NO9/c1-8-11-12-15-36-28(34)37-21(6)17-29(30,27(33)35-7)18-22-13-14-23(38-25(31)19(4)9-2)24(16-22)39-26(32)20(5)10-3/h13-14,16,19-21H,8-12,15,17-18,30H2,1-7H3/t19?,20?,21-,29?/m0/s1. The molecule has 1 rings (SSSR count). The van der Waals surface area contributed by atoms with Crippen molar-refractivity contribution in [2.45, 2.75) is 98.1 Å². The average Bonchev–Trinajstić information content (AvgIpc) is 2.90. The molecule has 0 aliphatic heterocycles. The number of hydrogen-bond acceptors (Lipinski definition) is 10. The summed E-state index contributed by atoms with van der Waals surface area (Å²) in [5, 5.41) is 0. The highest BCUT2D eigenvalue weighted by molar-refractivity contribution is 5.81. The number of benzene rings is 1. The zero-order valence-electron chi connectivity index (χ0n) is 24.4. The quantitative estimate of drug-likeness (QED) is 0.167. The maximum Gasteiger partial charge on any atom is 0.508 e. The van der Waals surface area contributed by atoms with Crippen molar-refractivity contribution in [2.24, 2.45) is 17.6 Å². The Morgan fingerprint density at radius 2 is 1.49 bits per heavy atom. The van der Waals surface area contributed by atoms with E-state index in [1.807, 2.05) is 20.8 Å². The third kappa shape index (κ3) is 11.2. The van der Waals surface area contributed by atoms with Crippen LogP contribution >= 0.6 is 0 Å². The molecule has 0 heterocycles. The molecule has 0 aliphatic rings. The Hall–Kier alpha value is -3.14. The van der Waals surface area contributed by atoms with Crippen molar-refractivity contribution in [3.05, 3.63) is 23.8 Å². The van der Waals surface area contributed by atoms with Crippen molar-refractivity contribution in [3.8, 4) is 11.5 Å². The summed E-state index contributed by atoms with van der Waals surface area (Å²) in [7, 11) is 1.22. The molecule has 220 valence electrons. The molecule has 3 unspecified atom stereocenters. The normalized spacial score (nSPS) is 14.8. The maximum absolute atomic E-state index is 12.7. The molecule has 0 radical (unpaired) electrons. The second-order valence-corrected chi connectivity index (χ2v) is 10.0. The van der Waals surface area contributed by atoms with E-state index in [9.17, 15) is 19.2 Å².